The molecule has 3 aromatic carbocycles. The third kappa shape index (κ3) is 4.79. The number of amides is 1. The molecule has 28 heavy (non-hydrogen) atoms. The van der Waals surface area contributed by atoms with Crippen LogP contribution in [0.4, 0.5) is 0 Å². The summed E-state index contributed by atoms with van der Waals surface area (Å²) >= 11 is 0. The molecule has 0 unspecified atom stereocenters. The molecule has 0 aromatic heterocycles. The summed E-state index contributed by atoms with van der Waals surface area (Å²) in [4.78, 5) is 14.8. The predicted molar refractivity (Wildman–Crippen MR) is 115 cm³/mol. The van der Waals surface area contributed by atoms with Crippen molar-refractivity contribution in [3.63, 3.8) is 0 Å². The SMILES string of the molecule is Cc1ccc(CNC(=O)CCN(Cc2cccc3ccccc23)C2CC2)cc1. The van der Waals surface area contributed by atoms with E-state index in [9.17, 15) is 4.79 Å². The van der Waals surface area contributed by atoms with Gasteiger partial charge in [0.2, 0.25) is 5.91 Å². The summed E-state index contributed by atoms with van der Waals surface area (Å²) < 4.78 is 0. The first-order valence-electron chi connectivity index (χ1n) is 10.2. The van der Waals surface area contributed by atoms with Gasteiger partial charge in [0.15, 0.2) is 0 Å². The highest BCUT2D eigenvalue weighted by Gasteiger charge is 2.29. The minimum Gasteiger partial charge on any atom is -0.352 e. The van der Waals surface area contributed by atoms with Crippen LogP contribution < -0.4 is 5.32 Å². The van der Waals surface area contributed by atoms with E-state index in [2.05, 4.69) is 83.9 Å². The molecule has 1 amide bonds. The number of carbonyl (C=O) groups is 1. The number of aryl methyl sites for hydroxylation is 1. The van der Waals surface area contributed by atoms with E-state index in [1.54, 1.807) is 0 Å². The molecule has 1 aliphatic carbocycles. The molecule has 0 saturated heterocycles. The van der Waals surface area contributed by atoms with Gasteiger partial charge in [-0.05, 0) is 41.7 Å². The van der Waals surface area contributed by atoms with Crippen LogP contribution in [-0.4, -0.2) is 23.4 Å². The van der Waals surface area contributed by atoms with Crippen LogP contribution in [0.1, 0.15) is 36.0 Å². The lowest BCUT2D eigenvalue weighted by atomic mass is 10.0. The number of nitrogens with one attached hydrogen (secondary N) is 1. The minimum atomic E-state index is 0.129. The Labute approximate surface area is 167 Å². The summed E-state index contributed by atoms with van der Waals surface area (Å²) in [6, 6.07) is 24.0. The van der Waals surface area contributed by atoms with Gasteiger partial charge in [-0.3, -0.25) is 9.69 Å². The van der Waals surface area contributed by atoms with Crippen LogP contribution in [0.2, 0.25) is 0 Å². The average Bonchev–Trinajstić information content (AvgIpc) is 3.56. The molecule has 1 saturated carbocycles. The average molecular weight is 373 g/mol. The molecule has 4 rings (SSSR count). The lowest BCUT2D eigenvalue weighted by molar-refractivity contribution is -0.121. The first kappa shape index (κ1) is 18.7. The van der Waals surface area contributed by atoms with Gasteiger partial charge in [-0.1, -0.05) is 72.3 Å². The third-order valence-electron chi connectivity index (χ3n) is 5.55. The Hall–Kier alpha value is -2.65. The maximum atomic E-state index is 12.4. The Balaban J connectivity index is 1.34. The molecule has 0 bridgehead atoms. The molecule has 0 aliphatic heterocycles. The van der Waals surface area contributed by atoms with Crippen molar-refractivity contribution in [3.05, 3.63) is 83.4 Å². The third-order valence-corrected chi connectivity index (χ3v) is 5.55. The van der Waals surface area contributed by atoms with E-state index in [0.717, 1.165) is 18.7 Å². The number of hydrogen-bond donors (Lipinski definition) is 1. The van der Waals surface area contributed by atoms with Gasteiger partial charge in [0, 0.05) is 32.1 Å². The molecule has 3 nitrogen and oxygen atoms in total. The number of carbonyl (C=O) groups excluding carboxylic acids is 1. The Morgan fingerprint density at radius 3 is 2.54 bits per heavy atom. The summed E-state index contributed by atoms with van der Waals surface area (Å²) in [7, 11) is 0. The molecule has 1 fully saturated rings. The van der Waals surface area contributed by atoms with Gasteiger partial charge in [0.1, 0.15) is 0 Å². The van der Waals surface area contributed by atoms with Crippen LogP contribution in [-0.2, 0) is 17.9 Å². The van der Waals surface area contributed by atoms with Gasteiger partial charge in [-0.25, -0.2) is 0 Å². The molecule has 0 spiro atoms. The van der Waals surface area contributed by atoms with E-state index < -0.39 is 0 Å². The second kappa shape index (κ2) is 8.57. The molecular formula is C25H28N2O. The normalized spacial score (nSPS) is 13.8. The van der Waals surface area contributed by atoms with Gasteiger partial charge < -0.3 is 5.32 Å². The van der Waals surface area contributed by atoms with Gasteiger partial charge in [0.05, 0.1) is 0 Å². The van der Waals surface area contributed by atoms with E-state index in [0.29, 0.717) is 19.0 Å². The van der Waals surface area contributed by atoms with Crippen molar-refractivity contribution < 1.29 is 4.79 Å². The van der Waals surface area contributed by atoms with E-state index in [1.165, 1.54) is 34.7 Å². The summed E-state index contributed by atoms with van der Waals surface area (Å²) in [5.74, 6) is 0.129. The maximum absolute atomic E-state index is 12.4. The molecule has 3 aromatic rings. The summed E-state index contributed by atoms with van der Waals surface area (Å²) in [6.07, 6.45) is 3.04. The summed E-state index contributed by atoms with van der Waals surface area (Å²) in [5, 5.41) is 5.66. The fraction of sp³-hybridized carbons (Fsp3) is 0.320. The van der Waals surface area contributed by atoms with Crippen molar-refractivity contribution in [1.82, 2.24) is 10.2 Å². The van der Waals surface area contributed by atoms with Crippen LogP contribution in [0.25, 0.3) is 10.8 Å². The molecule has 1 N–H and O–H groups in total. The van der Waals surface area contributed by atoms with Crippen molar-refractivity contribution in [1.29, 1.82) is 0 Å². The van der Waals surface area contributed by atoms with Gasteiger partial charge in [-0.15, -0.1) is 0 Å². The van der Waals surface area contributed by atoms with Gasteiger partial charge in [0.25, 0.3) is 0 Å². The van der Waals surface area contributed by atoms with Crippen molar-refractivity contribution >= 4 is 16.7 Å². The fourth-order valence-electron chi connectivity index (χ4n) is 3.72. The minimum absolute atomic E-state index is 0.129. The van der Waals surface area contributed by atoms with Crippen molar-refractivity contribution in [2.75, 3.05) is 6.54 Å². The Kier molecular flexibility index (Phi) is 5.73. The van der Waals surface area contributed by atoms with E-state index in [-0.39, 0.29) is 5.91 Å². The zero-order valence-electron chi connectivity index (χ0n) is 16.5. The highest BCUT2D eigenvalue weighted by atomic mass is 16.1. The highest BCUT2D eigenvalue weighted by Crippen LogP contribution is 2.30. The maximum Gasteiger partial charge on any atom is 0.221 e. The predicted octanol–water partition coefficient (Wildman–Crippen LogP) is 4.82. The zero-order valence-corrected chi connectivity index (χ0v) is 16.5. The van der Waals surface area contributed by atoms with Crippen LogP contribution in [0.5, 0.6) is 0 Å². The van der Waals surface area contributed by atoms with E-state index in [1.807, 2.05) is 0 Å². The van der Waals surface area contributed by atoms with Gasteiger partial charge >= 0.3 is 0 Å². The summed E-state index contributed by atoms with van der Waals surface area (Å²) in [5.41, 5.74) is 3.74. The molecular weight excluding hydrogens is 344 g/mol. The largest absolute Gasteiger partial charge is 0.352 e. The number of nitrogens with zero attached hydrogens (tertiary/aromatic N) is 1. The van der Waals surface area contributed by atoms with Crippen LogP contribution in [0, 0.1) is 6.92 Å². The number of rotatable bonds is 8. The second-order valence-electron chi connectivity index (χ2n) is 7.85. The molecule has 0 atom stereocenters. The van der Waals surface area contributed by atoms with Crippen molar-refractivity contribution in [2.45, 2.75) is 45.3 Å². The lowest BCUT2D eigenvalue weighted by Crippen LogP contribution is -2.32. The first-order chi connectivity index (χ1) is 13.7. The second-order valence-corrected chi connectivity index (χ2v) is 7.85. The quantitative estimate of drug-likeness (QED) is 0.615. The van der Waals surface area contributed by atoms with Crippen molar-refractivity contribution in [2.24, 2.45) is 0 Å². The molecule has 144 valence electrons. The van der Waals surface area contributed by atoms with Crippen LogP contribution in [0.15, 0.2) is 66.7 Å². The van der Waals surface area contributed by atoms with E-state index >= 15 is 0 Å². The lowest BCUT2D eigenvalue weighted by Gasteiger charge is -2.22. The topological polar surface area (TPSA) is 32.3 Å². The van der Waals surface area contributed by atoms with E-state index in [4.69, 9.17) is 0 Å². The van der Waals surface area contributed by atoms with Crippen molar-refractivity contribution in [3.8, 4) is 0 Å². The molecule has 1 aliphatic rings. The molecule has 0 radical (unpaired) electrons. The number of hydrogen-bond acceptors (Lipinski definition) is 2. The Bertz CT molecular complexity index is 939. The summed E-state index contributed by atoms with van der Waals surface area (Å²) in [6.45, 7) is 4.40. The van der Waals surface area contributed by atoms with Crippen LogP contribution in [0.3, 0.4) is 0 Å². The Morgan fingerprint density at radius 1 is 1.00 bits per heavy atom. The number of fused-ring (bicyclic) bond motifs is 1. The molecule has 0 heterocycles. The van der Waals surface area contributed by atoms with Crippen LogP contribution >= 0.6 is 0 Å². The molecule has 3 heteroatoms. The highest BCUT2D eigenvalue weighted by molar-refractivity contribution is 5.85. The standard InChI is InChI=1S/C25H28N2O/c1-19-9-11-20(12-10-19)17-26-25(28)15-16-27(23-13-14-23)18-22-7-4-6-21-5-2-3-8-24(21)22/h2-12,23H,13-18H2,1H3,(H,26,28). The fourth-order valence-corrected chi connectivity index (χ4v) is 3.72. The smallest absolute Gasteiger partial charge is 0.221 e. The Morgan fingerprint density at radius 2 is 1.75 bits per heavy atom. The van der Waals surface area contributed by atoms with Gasteiger partial charge in [-0.2, -0.15) is 0 Å². The zero-order chi connectivity index (χ0) is 19.3. The first-order valence-corrected chi connectivity index (χ1v) is 10.2. The monoisotopic (exact) mass is 372 g/mol. The number of benzene rings is 3.